The Morgan fingerprint density at radius 1 is 1.09 bits per heavy atom. The van der Waals surface area contributed by atoms with Crippen LogP contribution in [0.2, 0.25) is 0 Å². The van der Waals surface area contributed by atoms with Crippen molar-refractivity contribution >= 4 is 10.9 Å². The number of rotatable bonds is 2. The molecular weight excluding hydrogens is 284 g/mol. The minimum Gasteiger partial charge on any atom is -0.488 e. The van der Waals surface area contributed by atoms with E-state index in [-0.39, 0.29) is 0 Å². The first-order valence-electron chi connectivity index (χ1n) is 8.42. The summed E-state index contributed by atoms with van der Waals surface area (Å²) in [5.74, 6) is 1.05. The number of aromatic amines is 1. The maximum atomic E-state index is 6.42. The first kappa shape index (κ1) is 13.2. The van der Waals surface area contributed by atoms with Crippen LogP contribution in [0.25, 0.3) is 10.9 Å². The van der Waals surface area contributed by atoms with Crippen LogP contribution in [0.3, 0.4) is 0 Å². The van der Waals surface area contributed by atoms with Gasteiger partial charge in [0, 0.05) is 30.2 Å². The van der Waals surface area contributed by atoms with Crippen LogP contribution >= 0.6 is 0 Å². The van der Waals surface area contributed by atoms with Gasteiger partial charge in [0.25, 0.3) is 0 Å². The number of ether oxygens (including phenoxy) is 1. The van der Waals surface area contributed by atoms with Crippen molar-refractivity contribution in [1.29, 1.82) is 0 Å². The van der Waals surface area contributed by atoms with Crippen molar-refractivity contribution in [3.05, 3.63) is 65.9 Å². The molecule has 0 radical (unpaired) electrons. The molecule has 3 aromatic rings. The van der Waals surface area contributed by atoms with E-state index in [1.165, 1.54) is 22.0 Å². The maximum absolute atomic E-state index is 6.42. The topological polar surface area (TPSA) is 28.3 Å². The molecule has 2 aliphatic heterocycles. The molecule has 0 amide bonds. The van der Waals surface area contributed by atoms with Crippen molar-refractivity contribution in [2.45, 2.75) is 31.5 Å². The summed E-state index contributed by atoms with van der Waals surface area (Å²) in [4.78, 5) is 5.98. The van der Waals surface area contributed by atoms with Gasteiger partial charge in [-0.15, -0.1) is 0 Å². The molecule has 0 aliphatic carbocycles. The highest BCUT2D eigenvalue weighted by Crippen LogP contribution is 2.38. The van der Waals surface area contributed by atoms with Crippen molar-refractivity contribution in [3.8, 4) is 5.75 Å². The van der Waals surface area contributed by atoms with Crippen LogP contribution in [0.5, 0.6) is 5.75 Å². The molecule has 1 fully saturated rings. The molecule has 2 aromatic carbocycles. The first-order valence-corrected chi connectivity index (χ1v) is 8.42. The summed E-state index contributed by atoms with van der Waals surface area (Å²) in [5, 5.41) is 1.28. The standard InChI is InChI=1S/C20H20N2O/c1-2-5-14(6-3-1)13-22-10-9-18-17(22)11-15-12-21-16-7-4-8-19(23-18)20(15)16/h1-8,12,17-18,21H,9-11,13H2/t17-,18+/m0/s1. The minimum atomic E-state index is 0.303. The van der Waals surface area contributed by atoms with Crippen molar-refractivity contribution in [2.24, 2.45) is 0 Å². The SMILES string of the molecule is c1ccc(CN2CC[C@H]3Oc4cccc5[nH]cc(c45)C[C@@H]32)cc1. The van der Waals surface area contributed by atoms with Crippen molar-refractivity contribution in [3.63, 3.8) is 0 Å². The normalized spacial score (nSPS) is 23.5. The zero-order valence-electron chi connectivity index (χ0n) is 13.0. The molecule has 0 bridgehead atoms. The van der Waals surface area contributed by atoms with E-state index in [0.29, 0.717) is 12.1 Å². The summed E-state index contributed by atoms with van der Waals surface area (Å²) in [6.45, 7) is 2.12. The van der Waals surface area contributed by atoms with Crippen molar-refractivity contribution in [1.82, 2.24) is 9.88 Å². The fourth-order valence-corrected chi connectivity index (χ4v) is 4.17. The van der Waals surface area contributed by atoms with Gasteiger partial charge in [0.2, 0.25) is 0 Å². The Morgan fingerprint density at radius 3 is 2.91 bits per heavy atom. The van der Waals surface area contributed by atoms with E-state index in [1.54, 1.807) is 0 Å². The van der Waals surface area contributed by atoms with E-state index in [1.807, 2.05) is 0 Å². The van der Waals surface area contributed by atoms with Gasteiger partial charge in [0.05, 0.1) is 6.04 Å². The molecule has 2 aliphatic rings. The predicted octanol–water partition coefficient (Wildman–Crippen LogP) is 3.75. The second-order valence-electron chi connectivity index (χ2n) is 6.67. The largest absolute Gasteiger partial charge is 0.488 e. The number of hydrogen-bond acceptors (Lipinski definition) is 2. The van der Waals surface area contributed by atoms with Crippen LogP contribution in [-0.4, -0.2) is 28.6 Å². The van der Waals surface area contributed by atoms with Crippen LogP contribution in [0.15, 0.2) is 54.7 Å². The van der Waals surface area contributed by atoms with E-state index in [0.717, 1.165) is 31.7 Å². The second kappa shape index (κ2) is 5.14. The number of nitrogens with zero attached hydrogens (tertiary/aromatic N) is 1. The van der Waals surface area contributed by atoms with Gasteiger partial charge in [-0.3, -0.25) is 4.90 Å². The Bertz CT molecular complexity index is 839. The van der Waals surface area contributed by atoms with E-state index in [9.17, 15) is 0 Å². The Labute approximate surface area is 135 Å². The third kappa shape index (κ3) is 2.15. The molecule has 1 aromatic heterocycles. The molecule has 116 valence electrons. The number of H-pyrrole nitrogens is 1. The van der Waals surface area contributed by atoms with Gasteiger partial charge in [-0.1, -0.05) is 36.4 Å². The van der Waals surface area contributed by atoms with E-state index in [2.05, 4.69) is 64.6 Å². The summed E-state index contributed by atoms with van der Waals surface area (Å²) in [7, 11) is 0. The smallest absolute Gasteiger partial charge is 0.129 e. The van der Waals surface area contributed by atoms with E-state index < -0.39 is 0 Å². The molecule has 5 rings (SSSR count). The van der Waals surface area contributed by atoms with Crippen LogP contribution in [0.4, 0.5) is 0 Å². The van der Waals surface area contributed by atoms with Gasteiger partial charge >= 0.3 is 0 Å². The van der Waals surface area contributed by atoms with Gasteiger partial charge in [0.1, 0.15) is 11.9 Å². The molecular formula is C20H20N2O. The number of fused-ring (bicyclic) bond motifs is 1. The number of aromatic nitrogens is 1. The monoisotopic (exact) mass is 304 g/mol. The predicted molar refractivity (Wildman–Crippen MR) is 91.7 cm³/mol. The molecule has 0 saturated carbocycles. The Balaban J connectivity index is 1.48. The molecule has 0 unspecified atom stereocenters. The fraction of sp³-hybridized carbons (Fsp3) is 0.300. The molecule has 3 nitrogen and oxygen atoms in total. The van der Waals surface area contributed by atoms with Crippen molar-refractivity contribution in [2.75, 3.05) is 6.54 Å². The molecule has 23 heavy (non-hydrogen) atoms. The zero-order valence-corrected chi connectivity index (χ0v) is 13.0. The third-order valence-corrected chi connectivity index (χ3v) is 5.28. The Hall–Kier alpha value is -2.26. The van der Waals surface area contributed by atoms with Gasteiger partial charge in [0.15, 0.2) is 0 Å². The summed E-state index contributed by atoms with van der Waals surface area (Å²) in [6, 6.07) is 17.5. The van der Waals surface area contributed by atoms with Gasteiger partial charge < -0.3 is 9.72 Å². The number of benzene rings is 2. The van der Waals surface area contributed by atoms with Crippen molar-refractivity contribution < 1.29 is 4.74 Å². The summed E-state index contributed by atoms with van der Waals surface area (Å²) in [5.41, 5.74) is 3.96. The van der Waals surface area contributed by atoms with Crippen LogP contribution in [0.1, 0.15) is 17.5 Å². The fourth-order valence-electron chi connectivity index (χ4n) is 4.17. The second-order valence-corrected chi connectivity index (χ2v) is 6.67. The first-order chi connectivity index (χ1) is 11.4. The lowest BCUT2D eigenvalue weighted by molar-refractivity contribution is 0.137. The molecule has 1 saturated heterocycles. The molecule has 3 heterocycles. The highest BCUT2D eigenvalue weighted by molar-refractivity contribution is 5.89. The molecule has 2 atom stereocenters. The summed E-state index contributed by atoms with van der Waals surface area (Å²) >= 11 is 0. The minimum absolute atomic E-state index is 0.303. The highest BCUT2D eigenvalue weighted by Gasteiger charge is 2.38. The average molecular weight is 304 g/mol. The van der Waals surface area contributed by atoms with Crippen LogP contribution in [-0.2, 0) is 13.0 Å². The molecule has 0 spiro atoms. The van der Waals surface area contributed by atoms with E-state index >= 15 is 0 Å². The summed E-state index contributed by atoms with van der Waals surface area (Å²) < 4.78 is 6.42. The van der Waals surface area contributed by atoms with Gasteiger partial charge in [-0.2, -0.15) is 0 Å². The van der Waals surface area contributed by atoms with Crippen LogP contribution in [0, 0.1) is 0 Å². The molecule has 1 N–H and O–H groups in total. The maximum Gasteiger partial charge on any atom is 0.129 e. The lowest BCUT2D eigenvalue weighted by Crippen LogP contribution is -2.38. The quantitative estimate of drug-likeness (QED) is 0.781. The number of likely N-dealkylation sites (tertiary alicyclic amines) is 1. The lowest BCUT2D eigenvalue weighted by atomic mass is 10.0. The molecule has 3 heteroatoms. The lowest BCUT2D eigenvalue weighted by Gasteiger charge is -2.26. The zero-order chi connectivity index (χ0) is 15.2. The third-order valence-electron chi connectivity index (χ3n) is 5.28. The van der Waals surface area contributed by atoms with E-state index in [4.69, 9.17) is 4.74 Å². The Kier molecular flexibility index (Phi) is 2.95. The number of nitrogens with one attached hydrogen (secondary N) is 1. The summed E-state index contributed by atoms with van der Waals surface area (Å²) in [6.07, 6.45) is 4.65. The van der Waals surface area contributed by atoms with Crippen LogP contribution < -0.4 is 4.74 Å². The van der Waals surface area contributed by atoms with Gasteiger partial charge in [-0.25, -0.2) is 0 Å². The van der Waals surface area contributed by atoms with Gasteiger partial charge in [-0.05, 0) is 36.1 Å². The number of hydrogen-bond donors (Lipinski definition) is 1. The Morgan fingerprint density at radius 2 is 2.00 bits per heavy atom. The highest BCUT2D eigenvalue weighted by atomic mass is 16.5. The average Bonchev–Trinajstić information content (AvgIpc) is 3.11.